The minimum Gasteiger partial charge on any atom is -0.508 e. The molecule has 0 aromatic heterocycles. The molecule has 0 fully saturated rings. The van der Waals surface area contributed by atoms with E-state index < -0.39 is 5.97 Å². The predicted molar refractivity (Wildman–Crippen MR) is 105 cm³/mol. The molecule has 0 aliphatic rings. The molecule has 0 aliphatic carbocycles. The van der Waals surface area contributed by atoms with Gasteiger partial charge in [0.1, 0.15) is 17.2 Å². The molecule has 0 saturated heterocycles. The summed E-state index contributed by atoms with van der Waals surface area (Å²) in [6.07, 6.45) is -0.0400. The minimum atomic E-state index is -0.556. The molecule has 27 heavy (non-hydrogen) atoms. The van der Waals surface area contributed by atoms with Gasteiger partial charge in [-0.15, -0.1) is 0 Å². The number of esters is 1. The molecule has 3 rings (SSSR count). The number of rotatable bonds is 5. The van der Waals surface area contributed by atoms with Crippen LogP contribution in [0.15, 0.2) is 60.7 Å². The number of carbonyl (C=O) groups excluding carboxylic acids is 1. The maximum Gasteiger partial charge on any atom is 0.315 e. The van der Waals surface area contributed by atoms with Gasteiger partial charge in [0.2, 0.25) is 0 Å². The van der Waals surface area contributed by atoms with Crippen LogP contribution in [0.1, 0.15) is 5.56 Å². The van der Waals surface area contributed by atoms with E-state index in [0.717, 1.165) is 6.07 Å². The molecule has 0 atom stereocenters. The third kappa shape index (κ3) is 4.84. The maximum absolute atomic E-state index is 12.3. The Morgan fingerprint density at radius 2 is 1.56 bits per heavy atom. The van der Waals surface area contributed by atoms with Crippen molar-refractivity contribution < 1.29 is 19.7 Å². The fourth-order valence-electron chi connectivity index (χ4n) is 2.50. The Hall–Kier alpha value is -2.89. The molecule has 0 aliphatic heterocycles. The number of halogens is 2. The van der Waals surface area contributed by atoms with Gasteiger partial charge in [0.15, 0.2) is 0 Å². The Morgan fingerprint density at radius 1 is 0.926 bits per heavy atom. The number of hydrogen-bond donors (Lipinski definition) is 3. The van der Waals surface area contributed by atoms with Crippen LogP contribution >= 0.6 is 23.2 Å². The van der Waals surface area contributed by atoms with E-state index in [4.69, 9.17) is 27.9 Å². The molecular formula is C20H15Cl2NO4. The van der Waals surface area contributed by atoms with E-state index in [2.05, 4.69) is 5.32 Å². The molecule has 0 heterocycles. The first-order chi connectivity index (χ1) is 12.9. The number of phenolic OH excluding ortho intramolecular Hbond substituents is 2. The lowest BCUT2D eigenvalue weighted by Crippen LogP contribution is -2.12. The molecule has 7 heteroatoms. The molecule has 5 nitrogen and oxygen atoms in total. The summed E-state index contributed by atoms with van der Waals surface area (Å²) in [5.74, 6) is -0.905. The lowest BCUT2D eigenvalue weighted by molar-refractivity contribution is -0.133. The van der Waals surface area contributed by atoms with Crippen molar-refractivity contribution >= 4 is 40.5 Å². The van der Waals surface area contributed by atoms with Gasteiger partial charge >= 0.3 is 5.97 Å². The van der Waals surface area contributed by atoms with E-state index in [1.165, 1.54) is 12.1 Å². The normalized spacial score (nSPS) is 10.4. The number of para-hydroxylation sites is 2. The van der Waals surface area contributed by atoms with Crippen molar-refractivity contribution in [1.29, 1.82) is 0 Å². The van der Waals surface area contributed by atoms with Crippen LogP contribution in [0.5, 0.6) is 17.2 Å². The molecule has 0 amide bonds. The smallest absolute Gasteiger partial charge is 0.315 e. The lowest BCUT2D eigenvalue weighted by atomic mass is 10.1. The minimum absolute atomic E-state index is 0.0400. The molecule has 138 valence electrons. The predicted octanol–water partition coefficient (Wildman–Crippen LogP) is 5.30. The Labute approximate surface area is 165 Å². The van der Waals surface area contributed by atoms with E-state index in [0.29, 0.717) is 27.0 Å². The zero-order chi connectivity index (χ0) is 19.4. The van der Waals surface area contributed by atoms with Gasteiger partial charge in [-0.25, -0.2) is 0 Å². The van der Waals surface area contributed by atoms with Crippen molar-refractivity contribution in [2.75, 3.05) is 5.32 Å². The fourth-order valence-corrected chi connectivity index (χ4v) is 2.99. The Balaban J connectivity index is 1.78. The number of hydrogen-bond acceptors (Lipinski definition) is 5. The standard InChI is InChI=1S/C20H15Cl2NO4/c21-16-5-3-6-17(22)20(16)23-18-7-2-1-4-12(18)8-19(26)27-15-10-13(24)9-14(25)11-15/h1-7,9-11,23-25H,8H2. The van der Waals surface area contributed by atoms with Crippen molar-refractivity contribution in [3.05, 3.63) is 76.3 Å². The molecule has 0 bridgehead atoms. The lowest BCUT2D eigenvalue weighted by Gasteiger charge is -2.14. The SMILES string of the molecule is O=C(Cc1ccccc1Nc1c(Cl)cccc1Cl)Oc1cc(O)cc(O)c1. The highest BCUT2D eigenvalue weighted by Gasteiger charge is 2.13. The maximum atomic E-state index is 12.3. The molecule has 0 spiro atoms. The van der Waals surface area contributed by atoms with E-state index in [1.54, 1.807) is 36.4 Å². The first kappa shape index (κ1) is 18.9. The Morgan fingerprint density at radius 3 is 2.22 bits per heavy atom. The number of carbonyl (C=O) groups is 1. The van der Waals surface area contributed by atoms with E-state index in [9.17, 15) is 15.0 Å². The summed E-state index contributed by atoms with van der Waals surface area (Å²) in [6, 6.07) is 16.0. The van der Waals surface area contributed by atoms with Crippen LogP contribution in [-0.4, -0.2) is 16.2 Å². The molecule has 3 aromatic rings. The second-order valence-corrected chi connectivity index (χ2v) is 6.53. The van der Waals surface area contributed by atoms with Gasteiger partial charge in [-0.3, -0.25) is 4.79 Å². The van der Waals surface area contributed by atoms with Crippen molar-refractivity contribution in [3.63, 3.8) is 0 Å². The fraction of sp³-hybridized carbons (Fsp3) is 0.0500. The Bertz CT molecular complexity index is 951. The highest BCUT2D eigenvalue weighted by atomic mass is 35.5. The topological polar surface area (TPSA) is 78.8 Å². The monoisotopic (exact) mass is 403 g/mol. The van der Waals surface area contributed by atoms with Gasteiger partial charge in [-0.2, -0.15) is 0 Å². The molecule has 0 unspecified atom stereocenters. The number of nitrogens with one attached hydrogen (secondary N) is 1. The molecule has 0 radical (unpaired) electrons. The van der Waals surface area contributed by atoms with Crippen molar-refractivity contribution in [2.24, 2.45) is 0 Å². The summed E-state index contributed by atoms with van der Waals surface area (Å²) >= 11 is 12.4. The van der Waals surface area contributed by atoms with Gasteiger partial charge in [-0.1, -0.05) is 47.5 Å². The van der Waals surface area contributed by atoms with Crippen molar-refractivity contribution in [2.45, 2.75) is 6.42 Å². The van der Waals surface area contributed by atoms with Crippen LogP contribution in [0, 0.1) is 0 Å². The van der Waals surface area contributed by atoms with Crippen LogP contribution < -0.4 is 10.1 Å². The number of benzene rings is 3. The number of anilines is 2. The molecule has 0 saturated carbocycles. The zero-order valence-corrected chi connectivity index (χ0v) is 15.5. The zero-order valence-electron chi connectivity index (χ0n) is 13.9. The summed E-state index contributed by atoms with van der Waals surface area (Å²) in [7, 11) is 0. The van der Waals surface area contributed by atoms with Crippen LogP contribution in [0.2, 0.25) is 10.0 Å². The van der Waals surface area contributed by atoms with Crippen LogP contribution in [0.25, 0.3) is 0 Å². The van der Waals surface area contributed by atoms with Gasteiger partial charge in [0, 0.05) is 23.9 Å². The highest BCUT2D eigenvalue weighted by molar-refractivity contribution is 6.39. The van der Waals surface area contributed by atoms with Crippen molar-refractivity contribution in [3.8, 4) is 17.2 Å². The number of aromatic hydroxyl groups is 2. The summed E-state index contributed by atoms with van der Waals surface area (Å²) in [5, 5.41) is 23.0. The van der Waals surface area contributed by atoms with Crippen LogP contribution in [0.4, 0.5) is 11.4 Å². The van der Waals surface area contributed by atoms with E-state index in [1.807, 2.05) is 6.07 Å². The number of ether oxygens (including phenoxy) is 1. The van der Waals surface area contributed by atoms with E-state index >= 15 is 0 Å². The number of phenols is 2. The van der Waals surface area contributed by atoms with Gasteiger partial charge in [0.25, 0.3) is 0 Å². The van der Waals surface area contributed by atoms with Crippen LogP contribution in [0.3, 0.4) is 0 Å². The quantitative estimate of drug-likeness (QED) is 0.398. The van der Waals surface area contributed by atoms with Crippen LogP contribution in [-0.2, 0) is 11.2 Å². The molecule has 3 N–H and O–H groups in total. The summed E-state index contributed by atoms with van der Waals surface area (Å²) in [6.45, 7) is 0. The third-order valence-electron chi connectivity index (χ3n) is 3.68. The summed E-state index contributed by atoms with van der Waals surface area (Å²) in [5.41, 5.74) is 1.87. The van der Waals surface area contributed by atoms with E-state index in [-0.39, 0.29) is 23.7 Å². The van der Waals surface area contributed by atoms with Gasteiger partial charge in [-0.05, 0) is 23.8 Å². The Kier molecular flexibility index (Phi) is 5.74. The largest absolute Gasteiger partial charge is 0.508 e. The first-order valence-electron chi connectivity index (χ1n) is 7.95. The van der Waals surface area contributed by atoms with Crippen molar-refractivity contribution in [1.82, 2.24) is 0 Å². The van der Waals surface area contributed by atoms with Gasteiger partial charge in [0.05, 0.1) is 22.2 Å². The molecular weight excluding hydrogens is 389 g/mol. The molecule has 3 aromatic carbocycles. The van der Waals surface area contributed by atoms with Gasteiger partial charge < -0.3 is 20.3 Å². The highest BCUT2D eigenvalue weighted by Crippen LogP contribution is 2.34. The summed E-state index contributed by atoms with van der Waals surface area (Å²) in [4.78, 5) is 12.3. The second kappa shape index (κ2) is 8.20. The first-order valence-corrected chi connectivity index (χ1v) is 8.70. The average Bonchev–Trinajstić information content (AvgIpc) is 2.58. The summed E-state index contributed by atoms with van der Waals surface area (Å²) < 4.78 is 5.19. The average molecular weight is 404 g/mol. The second-order valence-electron chi connectivity index (χ2n) is 5.71. The third-order valence-corrected chi connectivity index (χ3v) is 4.31.